The maximum atomic E-state index is 9.40. The highest BCUT2D eigenvalue weighted by molar-refractivity contribution is 5.89. The molecule has 2 rings (SSSR count). The van der Waals surface area contributed by atoms with Crippen LogP contribution in [0.1, 0.15) is 32.4 Å². The summed E-state index contributed by atoms with van der Waals surface area (Å²) in [5, 5.41) is 15.6. The third kappa shape index (κ3) is 3.93. The van der Waals surface area contributed by atoms with E-state index < -0.39 is 0 Å². The molecule has 1 unspecified atom stereocenters. The van der Waals surface area contributed by atoms with Crippen LogP contribution < -0.4 is 10.6 Å². The third-order valence-electron chi connectivity index (χ3n) is 3.08. The van der Waals surface area contributed by atoms with Gasteiger partial charge in [0.25, 0.3) is 0 Å². The van der Waals surface area contributed by atoms with Crippen molar-refractivity contribution in [2.75, 3.05) is 0 Å². The standard InChI is InChI=1S/C16H19N5/c1-3-6-12(2)20-16-19-10-8-15(21-16)13(11-17)14-7-4-5-9-18-14/h4-5,7-10,12H,3,6H2,1-2H3,(H2,19,20,21). The molecule has 5 heteroatoms. The number of allylic oxidation sites excluding steroid dienone is 2. The predicted molar refractivity (Wildman–Crippen MR) is 84.0 cm³/mol. The summed E-state index contributed by atoms with van der Waals surface area (Å²) < 4.78 is 0. The van der Waals surface area contributed by atoms with Crippen LogP contribution in [-0.2, 0) is 0 Å². The molecule has 1 aliphatic heterocycles. The van der Waals surface area contributed by atoms with E-state index in [1.165, 1.54) is 0 Å². The number of nitrogens with zero attached hydrogens (tertiary/aromatic N) is 3. The van der Waals surface area contributed by atoms with Gasteiger partial charge in [0.05, 0.1) is 17.4 Å². The summed E-state index contributed by atoms with van der Waals surface area (Å²) in [7, 11) is 0. The molecule has 108 valence electrons. The molecule has 0 saturated heterocycles. The van der Waals surface area contributed by atoms with E-state index in [2.05, 4.69) is 40.5 Å². The highest BCUT2D eigenvalue weighted by atomic mass is 15.2. The van der Waals surface area contributed by atoms with Crippen molar-refractivity contribution in [3.63, 3.8) is 0 Å². The quantitative estimate of drug-likeness (QED) is 0.832. The van der Waals surface area contributed by atoms with Crippen LogP contribution in [0.3, 0.4) is 0 Å². The number of nitrogens with one attached hydrogen (secondary N) is 2. The minimum Gasteiger partial charge on any atom is -0.333 e. The van der Waals surface area contributed by atoms with Crippen molar-refractivity contribution < 1.29 is 0 Å². The fourth-order valence-electron chi connectivity index (χ4n) is 2.09. The van der Waals surface area contributed by atoms with Gasteiger partial charge in [-0.1, -0.05) is 19.4 Å². The molecular weight excluding hydrogens is 262 g/mol. The second-order valence-corrected chi connectivity index (χ2v) is 4.83. The first-order chi connectivity index (χ1) is 10.2. The van der Waals surface area contributed by atoms with Gasteiger partial charge < -0.3 is 10.6 Å². The molecule has 21 heavy (non-hydrogen) atoms. The average Bonchev–Trinajstić information content (AvgIpc) is 2.50. The van der Waals surface area contributed by atoms with Gasteiger partial charge in [-0.3, -0.25) is 4.98 Å². The highest BCUT2D eigenvalue weighted by Gasteiger charge is 2.13. The zero-order valence-electron chi connectivity index (χ0n) is 12.3. The van der Waals surface area contributed by atoms with Gasteiger partial charge in [0.15, 0.2) is 5.96 Å². The number of guanidine groups is 1. The van der Waals surface area contributed by atoms with Gasteiger partial charge in [-0.2, -0.15) is 5.26 Å². The zero-order valence-corrected chi connectivity index (χ0v) is 12.3. The second kappa shape index (κ2) is 7.25. The van der Waals surface area contributed by atoms with E-state index in [-0.39, 0.29) is 6.04 Å². The molecule has 0 radical (unpaired) electrons. The fourth-order valence-corrected chi connectivity index (χ4v) is 2.09. The number of nitriles is 1. The molecule has 0 bridgehead atoms. The Labute approximate surface area is 125 Å². The van der Waals surface area contributed by atoms with E-state index in [1.54, 1.807) is 12.4 Å². The average molecular weight is 281 g/mol. The molecule has 1 atom stereocenters. The van der Waals surface area contributed by atoms with Crippen molar-refractivity contribution in [3.8, 4) is 6.07 Å². The van der Waals surface area contributed by atoms with Crippen molar-refractivity contribution in [1.29, 1.82) is 5.26 Å². The minimum atomic E-state index is 0.234. The first-order valence-electron chi connectivity index (χ1n) is 7.08. The number of rotatable bonds is 4. The van der Waals surface area contributed by atoms with Crippen LogP contribution >= 0.6 is 0 Å². The van der Waals surface area contributed by atoms with Gasteiger partial charge in [0.1, 0.15) is 11.6 Å². The molecule has 0 fully saturated rings. The smallest absolute Gasteiger partial charge is 0.200 e. The molecule has 0 spiro atoms. The monoisotopic (exact) mass is 281 g/mol. The van der Waals surface area contributed by atoms with E-state index in [1.807, 2.05) is 24.3 Å². The maximum absolute atomic E-state index is 9.40. The lowest BCUT2D eigenvalue weighted by molar-refractivity contribution is 0.649. The van der Waals surface area contributed by atoms with Crippen LogP contribution in [0.25, 0.3) is 5.57 Å². The Kier molecular flexibility index (Phi) is 5.10. The molecule has 0 aliphatic carbocycles. The van der Waals surface area contributed by atoms with Crippen LogP contribution in [-0.4, -0.2) is 17.0 Å². The molecule has 0 aromatic carbocycles. The lowest BCUT2D eigenvalue weighted by atomic mass is 10.1. The number of hydrogen-bond donors (Lipinski definition) is 2. The van der Waals surface area contributed by atoms with Gasteiger partial charge >= 0.3 is 0 Å². The SMILES string of the molecule is CCCC(C)N=C1NC=CC(=C(C#N)c2ccccn2)N1. The first-order valence-corrected chi connectivity index (χ1v) is 7.08. The van der Waals surface area contributed by atoms with Gasteiger partial charge in [0.2, 0.25) is 0 Å². The largest absolute Gasteiger partial charge is 0.333 e. The zero-order chi connectivity index (χ0) is 15.1. The van der Waals surface area contributed by atoms with E-state index in [0.717, 1.165) is 12.8 Å². The van der Waals surface area contributed by atoms with E-state index >= 15 is 0 Å². The van der Waals surface area contributed by atoms with Crippen LogP contribution in [0.15, 0.2) is 47.4 Å². The lowest BCUT2D eigenvalue weighted by Crippen LogP contribution is -2.37. The summed E-state index contributed by atoms with van der Waals surface area (Å²) in [5.74, 6) is 0.664. The Morgan fingerprint density at radius 2 is 2.33 bits per heavy atom. The molecule has 5 nitrogen and oxygen atoms in total. The molecule has 0 amide bonds. The van der Waals surface area contributed by atoms with Gasteiger partial charge in [-0.25, -0.2) is 4.99 Å². The van der Waals surface area contributed by atoms with Crippen molar-refractivity contribution in [3.05, 3.63) is 48.1 Å². The third-order valence-corrected chi connectivity index (χ3v) is 3.08. The van der Waals surface area contributed by atoms with Crippen LogP contribution in [0.4, 0.5) is 0 Å². The molecule has 1 aliphatic rings. The van der Waals surface area contributed by atoms with Crippen molar-refractivity contribution >= 4 is 11.5 Å². The van der Waals surface area contributed by atoms with E-state index in [4.69, 9.17) is 0 Å². The molecule has 0 saturated carbocycles. The Hall–Kier alpha value is -2.61. The molecule has 1 aromatic heterocycles. The Morgan fingerprint density at radius 1 is 1.48 bits per heavy atom. The number of aromatic nitrogens is 1. The van der Waals surface area contributed by atoms with Crippen LogP contribution in [0.5, 0.6) is 0 Å². The van der Waals surface area contributed by atoms with Crippen molar-refractivity contribution in [2.45, 2.75) is 32.7 Å². The summed E-state index contributed by atoms with van der Waals surface area (Å²) in [6, 6.07) is 7.95. The summed E-state index contributed by atoms with van der Waals surface area (Å²) >= 11 is 0. The van der Waals surface area contributed by atoms with Crippen molar-refractivity contribution in [2.24, 2.45) is 4.99 Å². The Bertz CT molecular complexity index is 607. The summed E-state index contributed by atoms with van der Waals surface area (Å²) in [5.41, 5.74) is 1.86. The van der Waals surface area contributed by atoms with Crippen LogP contribution in [0.2, 0.25) is 0 Å². The van der Waals surface area contributed by atoms with Gasteiger partial charge in [-0.05, 0) is 31.6 Å². The van der Waals surface area contributed by atoms with Crippen LogP contribution in [0, 0.1) is 11.3 Å². The fraction of sp³-hybridized carbons (Fsp3) is 0.312. The molecule has 2 heterocycles. The maximum Gasteiger partial charge on any atom is 0.200 e. The van der Waals surface area contributed by atoms with Gasteiger partial charge in [0, 0.05) is 12.4 Å². The number of pyridine rings is 1. The molecule has 1 aromatic rings. The minimum absolute atomic E-state index is 0.234. The summed E-state index contributed by atoms with van der Waals surface area (Å²) in [6.07, 6.45) is 7.39. The second-order valence-electron chi connectivity index (χ2n) is 4.83. The lowest BCUT2D eigenvalue weighted by Gasteiger charge is -2.18. The van der Waals surface area contributed by atoms with Gasteiger partial charge in [-0.15, -0.1) is 0 Å². The molecular formula is C16H19N5. The Morgan fingerprint density at radius 3 is 3.00 bits per heavy atom. The van der Waals surface area contributed by atoms with Crippen molar-refractivity contribution in [1.82, 2.24) is 15.6 Å². The topological polar surface area (TPSA) is 73.1 Å². The normalized spacial score (nSPS) is 19.4. The predicted octanol–water partition coefficient (Wildman–Crippen LogP) is 2.57. The Balaban J connectivity index is 2.28. The number of hydrogen-bond acceptors (Lipinski definition) is 3. The first kappa shape index (κ1) is 14.8. The number of aliphatic imine (C=N–C) groups is 1. The highest BCUT2D eigenvalue weighted by Crippen LogP contribution is 2.16. The summed E-state index contributed by atoms with van der Waals surface area (Å²) in [6.45, 7) is 4.21. The van der Waals surface area contributed by atoms with E-state index in [9.17, 15) is 5.26 Å². The molecule has 2 N–H and O–H groups in total. The van der Waals surface area contributed by atoms with E-state index in [0.29, 0.717) is 22.9 Å². The summed E-state index contributed by atoms with van der Waals surface area (Å²) in [4.78, 5) is 8.79.